The Morgan fingerprint density at radius 1 is 1.17 bits per heavy atom. The van der Waals surface area contributed by atoms with Gasteiger partial charge in [-0.05, 0) is 25.0 Å². The number of rotatable bonds is 4. The predicted molar refractivity (Wildman–Crippen MR) is 69.1 cm³/mol. The van der Waals surface area contributed by atoms with Gasteiger partial charge in [-0.1, -0.05) is 25.0 Å². The van der Waals surface area contributed by atoms with Crippen molar-refractivity contribution >= 4 is 17.4 Å². The number of thioether (sulfide) groups is 1. The van der Waals surface area contributed by atoms with Crippen LogP contribution in [-0.2, 0) is 0 Å². The molecule has 18 heavy (non-hydrogen) atoms. The van der Waals surface area contributed by atoms with Gasteiger partial charge in [-0.15, -0.1) is 11.8 Å². The number of benzene rings is 1. The molecule has 0 bridgehead atoms. The molecule has 0 amide bonds. The van der Waals surface area contributed by atoms with Crippen LogP contribution in [0.25, 0.3) is 0 Å². The maximum atomic E-state index is 12.2. The molecule has 0 radical (unpaired) electrons. The van der Waals surface area contributed by atoms with Gasteiger partial charge in [0, 0.05) is 16.6 Å². The molecule has 1 aromatic carbocycles. The van der Waals surface area contributed by atoms with Gasteiger partial charge in [0.2, 0.25) is 0 Å². The van der Waals surface area contributed by atoms with Crippen LogP contribution in [0.5, 0.6) is 0 Å². The van der Waals surface area contributed by atoms with Crippen LogP contribution in [0.3, 0.4) is 0 Å². The number of anilines is 1. The lowest BCUT2D eigenvalue weighted by Gasteiger charge is -2.17. The molecule has 0 atom stereocenters. The van der Waals surface area contributed by atoms with E-state index in [2.05, 4.69) is 5.32 Å². The van der Waals surface area contributed by atoms with Crippen LogP contribution in [0.15, 0.2) is 29.2 Å². The van der Waals surface area contributed by atoms with Crippen LogP contribution >= 0.6 is 11.8 Å². The van der Waals surface area contributed by atoms with E-state index in [9.17, 15) is 13.2 Å². The zero-order valence-electron chi connectivity index (χ0n) is 9.96. The third-order valence-corrected chi connectivity index (χ3v) is 4.13. The molecule has 2 rings (SSSR count). The monoisotopic (exact) mass is 275 g/mol. The summed E-state index contributed by atoms with van der Waals surface area (Å²) in [5.74, 6) is -0.837. The molecule has 0 saturated heterocycles. The molecule has 0 aliphatic heterocycles. The van der Waals surface area contributed by atoms with E-state index in [1.165, 1.54) is 12.8 Å². The highest BCUT2D eigenvalue weighted by molar-refractivity contribution is 7.99. The molecule has 1 aliphatic rings. The molecule has 1 saturated carbocycles. The Morgan fingerprint density at radius 2 is 1.83 bits per heavy atom. The zero-order chi connectivity index (χ0) is 13.0. The van der Waals surface area contributed by atoms with E-state index in [0.29, 0.717) is 10.9 Å². The van der Waals surface area contributed by atoms with Crippen molar-refractivity contribution in [1.29, 1.82) is 0 Å². The second-order valence-corrected chi connectivity index (χ2v) is 5.54. The topological polar surface area (TPSA) is 12.0 Å². The third-order valence-electron chi connectivity index (χ3n) is 2.99. The predicted octanol–water partition coefficient (Wildman–Crippen LogP) is 4.70. The van der Waals surface area contributed by atoms with Crippen LogP contribution in [0.2, 0.25) is 0 Å². The SMILES string of the molecule is FC(F)(F)CSc1ccccc1NC1CCCC1. The quantitative estimate of drug-likeness (QED) is 0.800. The molecule has 1 fully saturated rings. The van der Waals surface area contributed by atoms with E-state index in [1.807, 2.05) is 12.1 Å². The van der Waals surface area contributed by atoms with Crippen molar-refractivity contribution in [1.82, 2.24) is 0 Å². The van der Waals surface area contributed by atoms with Gasteiger partial charge in [0.1, 0.15) is 0 Å². The first-order chi connectivity index (χ1) is 8.54. The number of halogens is 3. The number of hydrogen-bond donors (Lipinski definition) is 1. The van der Waals surface area contributed by atoms with Crippen molar-refractivity contribution in [3.63, 3.8) is 0 Å². The van der Waals surface area contributed by atoms with Gasteiger partial charge in [0.05, 0.1) is 5.75 Å². The Morgan fingerprint density at radius 3 is 2.50 bits per heavy atom. The molecular formula is C13H16F3NS. The van der Waals surface area contributed by atoms with Crippen LogP contribution < -0.4 is 5.32 Å². The van der Waals surface area contributed by atoms with E-state index in [-0.39, 0.29) is 0 Å². The summed E-state index contributed by atoms with van der Waals surface area (Å²) in [7, 11) is 0. The highest BCUT2D eigenvalue weighted by Gasteiger charge is 2.27. The van der Waals surface area contributed by atoms with Crippen molar-refractivity contribution in [2.45, 2.75) is 42.8 Å². The molecule has 5 heteroatoms. The standard InChI is InChI=1S/C13H16F3NS/c14-13(15,16)9-18-12-8-4-3-7-11(12)17-10-5-1-2-6-10/h3-4,7-8,10,17H,1-2,5-6,9H2. The summed E-state index contributed by atoms with van der Waals surface area (Å²) in [6.07, 6.45) is 0.507. The Kier molecular flexibility index (Phi) is 4.43. The molecular weight excluding hydrogens is 259 g/mol. The average molecular weight is 275 g/mol. The minimum atomic E-state index is -4.12. The normalized spacial score (nSPS) is 17.1. The largest absolute Gasteiger partial charge is 0.398 e. The van der Waals surface area contributed by atoms with Gasteiger partial charge in [0.15, 0.2) is 0 Å². The Bertz CT molecular complexity index is 386. The molecule has 0 unspecified atom stereocenters. The number of para-hydroxylation sites is 1. The highest BCUT2D eigenvalue weighted by atomic mass is 32.2. The van der Waals surface area contributed by atoms with Gasteiger partial charge in [0.25, 0.3) is 0 Å². The lowest BCUT2D eigenvalue weighted by molar-refractivity contribution is -0.105. The summed E-state index contributed by atoms with van der Waals surface area (Å²) < 4.78 is 36.7. The first-order valence-electron chi connectivity index (χ1n) is 6.10. The molecule has 0 aromatic heterocycles. The minimum Gasteiger partial charge on any atom is -0.381 e. The molecule has 0 spiro atoms. The Balaban J connectivity index is 2.00. The van der Waals surface area contributed by atoms with E-state index < -0.39 is 11.9 Å². The lowest BCUT2D eigenvalue weighted by atomic mass is 10.2. The van der Waals surface area contributed by atoms with Gasteiger partial charge < -0.3 is 5.32 Å². The summed E-state index contributed by atoms with van der Waals surface area (Å²) in [6.45, 7) is 0. The molecule has 1 nitrogen and oxygen atoms in total. The number of hydrogen-bond acceptors (Lipinski definition) is 2. The fourth-order valence-corrected chi connectivity index (χ4v) is 2.94. The van der Waals surface area contributed by atoms with Crippen LogP contribution in [0.1, 0.15) is 25.7 Å². The van der Waals surface area contributed by atoms with Crippen molar-refractivity contribution < 1.29 is 13.2 Å². The Labute approximate surface area is 109 Å². The molecule has 100 valence electrons. The van der Waals surface area contributed by atoms with Gasteiger partial charge >= 0.3 is 6.18 Å². The van der Waals surface area contributed by atoms with Crippen molar-refractivity contribution in [2.24, 2.45) is 0 Å². The number of alkyl halides is 3. The van der Waals surface area contributed by atoms with Crippen LogP contribution in [-0.4, -0.2) is 18.0 Å². The second-order valence-electron chi connectivity index (χ2n) is 4.53. The lowest BCUT2D eigenvalue weighted by Crippen LogP contribution is -2.15. The fourth-order valence-electron chi connectivity index (χ4n) is 2.16. The summed E-state index contributed by atoms with van der Waals surface area (Å²) in [4.78, 5) is 0.682. The summed E-state index contributed by atoms with van der Waals surface area (Å²) >= 11 is 0.850. The maximum Gasteiger partial charge on any atom is 0.398 e. The first kappa shape index (κ1) is 13.6. The van der Waals surface area contributed by atoms with Crippen molar-refractivity contribution in [2.75, 3.05) is 11.1 Å². The van der Waals surface area contributed by atoms with E-state index in [4.69, 9.17) is 0 Å². The fraction of sp³-hybridized carbons (Fsp3) is 0.538. The summed E-state index contributed by atoms with van der Waals surface area (Å²) in [5.41, 5.74) is 0.832. The van der Waals surface area contributed by atoms with E-state index >= 15 is 0 Å². The first-order valence-corrected chi connectivity index (χ1v) is 7.08. The molecule has 1 aliphatic carbocycles. The van der Waals surface area contributed by atoms with Gasteiger partial charge in [-0.25, -0.2) is 0 Å². The maximum absolute atomic E-state index is 12.2. The van der Waals surface area contributed by atoms with E-state index in [0.717, 1.165) is 30.3 Å². The van der Waals surface area contributed by atoms with Crippen LogP contribution in [0, 0.1) is 0 Å². The van der Waals surface area contributed by atoms with E-state index in [1.54, 1.807) is 12.1 Å². The van der Waals surface area contributed by atoms with Gasteiger partial charge in [-0.3, -0.25) is 0 Å². The van der Waals surface area contributed by atoms with Crippen LogP contribution in [0.4, 0.5) is 18.9 Å². The van der Waals surface area contributed by atoms with Crippen molar-refractivity contribution in [3.8, 4) is 0 Å². The minimum absolute atomic E-state index is 0.414. The Hall–Kier alpha value is -0.840. The average Bonchev–Trinajstić information content (AvgIpc) is 2.80. The highest BCUT2D eigenvalue weighted by Crippen LogP contribution is 2.33. The second kappa shape index (κ2) is 5.87. The molecule has 0 heterocycles. The summed E-state index contributed by atoms with van der Waals surface area (Å²) in [6, 6.07) is 7.65. The van der Waals surface area contributed by atoms with Crippen molar-refractivity contribution in [3.05, 3.63) is 24.3 Å². The molecule has 1 aromatic rings. The zero-order valence-corrected chi connectivity index (χ0v) is 10.8. The third kappa shape index (κ3) is 4.12. The number of nitrogens with one attached hydrogen (secondary N) is 1. The smallest absolute Gasteiger partial charge is 0.381 e. The summed E-state index contributed by atoms with van der Waals surface area (Å²) in [5, 5.41) is 3.36. The molecule has 1 N–H and O–H groups in total. The van der Waals surface area contributed by atoms with Gasteiger partial charge in [-0.2, -0.15) is 13.2 Å².